The fourth-order valence-corrected chi connectivity index (χ4v) is 7.32. The molecule has 0 bridgehead atoms. The van der Waals surface area contributed by atoms with Crippen LogP contribution in [0.25, 0.3) is 0 Å². The second-order valence-electron chi connectivity index (χ2n) is 16.1. The molecule has 0 aromatic carbocycles. The first kappa shape index (κ1) is 57.0. The summed E-state index contributed by atoms with van der Waals surface area (Å²) in [5.41, 5.74) is 0. The number of carbonyl (C=O) groups excluding carboxylic acids is 2. The first-order chi connectivity index (χ1) is 28.8. The van der Waals surface area contributed by atoms with E-state index in [9.17, 15) is 24.2 Å². The standard InChI is InChI=1S/C49H90NO8P/c1-3-5-7-9-11-13-15-17-19-20-21-22-23-24-25-26-28-30-32-34-36-38-40-42-49(53)56-45-47(51)46-58-59(54,55)57-44-43-50-48(52)41-39-37-35-33-31-29-27-18-16-14-12-10-8-6-4-2/h11-14,17-19,27,47,51H,3-10,15-16,20-26,28-46H2,1-2H3,(H,50,52)(H,54,55)/b13-11-,14-12-,19-17-,27-18-. The Bertz CT molecular complexity index is 1110. The van der Waals surface area contributed by atoms with Gasteiger partial charge in [0.1, 0.15) is 12.7 Å². The number of phosphoric ester groups is 1. The Morgan fingerprint density at radius 2 is 0.915 bits per heavy atom. The first-order valence-electron chi connectivity index (χ1n) is 24.1. The molecule has 344 valence electrons. The molecular weight excluding hydrogens is 762 g/mol. The van der Waals surface area contributed by atoms with Crippen molar-refractivity contribution in [2.24, 2.45) is 0 Å². The van der Waals surface area contributed by atoms with Gasteiger partial charge in [0, 0.05) is 19.4 Å². The SMILES string of the molecule is CCCCC/C=C\C/C=C\CCCCCCCCCCCCCCCC(=O)OCC(O)COP(=O)(O)OCCNC(=O)CCCCCCC/C=C\C/C=C\CCCCC. The van der Waals surface area contributed by atoms with E-state index in [2.05, 4.69) is 67.8 Å². The van der Waals surface area contributed by atoms with E-state index < -0.39 is 26.5 Å². The molecule has 0 aliphatic heterocycles. The Labute approximate surface area is 362 Å². The van der Waals surface area contributed by atoms with Gasteiger partial charge >= 0.3 is 13.8 Å². The number of phosphoric acid groups is 1. The summed E-state index contributed by atoms with van der Waals surface area (Å²) in [7, 11) is -4.42. The second kappa shape index (κ2) is 45.5. The molecule has 0 saturated heterocycles. The van der Waals surface area contributed by atoms with Gasteiger partial charge in [0.2, 0.25) is 5.91 Å². The van der Waals surface area contributed by atoms with Crippen LogP contribution in [0.1, 0.15) is 219 Å². The van der Waals surface area contributed by atoms with Gasteiger partial charge in [-0.05, 0) is 77.0 Å². The Kier molecular flexibility index (Phi) is 43.9. The molecule has 3 N–H and O–H groups in total. The van der Waals surface area contributed by atoms with E-state index >= 15 is 0 Å². The summed E-state index contributed by atoms with van der Waals surface area (Å²) in [5, 5.41) is 12.7. The largest absolute Gasteiger partial charge is 0.472 e. The maximum Gasteiger partial charge on any atom is 0.472 e. The molecule has 0 radical (unpaired) electrons. The molecule has 0 heterocycles. The van der Waals surface area contributed by atoms with Crippen LogP contribution < -0.4 is 5.32 Å². The third-order valence-electron chi connectivity index (χ3n) is 10.2. The van der Waals surface area contributed by atoms with Crippen molar-refractivity contribution in [3.63, 3.8) is 0 Å². The van der Waals surface area contributed by atoms with Crippen LogP contribution in [0.15, 0.2) is 48.6 Å². The van der Waals surface area contributed by atoms with Gasteiger partial charge in [-0.2, -0.15) is 0 Å². The molecule has 1 amide bonds. The van der Waals surface area contributed by atoms with Crippen LogP contribution in [-0.2, 0) is 27.9 Å². The van der Waals surface area contributed by atoms with Crippen LogP contribution in [0.2, 0.25) is 0 Å². The fraction of sp³-hybridized carbons (Fsp3) is 0.796. The Morgan fingerprint density at radius 1 is 0.525 bits per heavy atom. The molecular formula is C49H90NO8P. The number of aliphatic hydroxyl groups excluding tert-OH is 1. The number of rotatable bonds is 45. The van der Waals surface area contributed by atoms with Gasteiger partial charge in [-0.1, -0.05) is 178 Å². The summed E-state index contributed by atoms with van der Waals surface area (Å²) >= 11 is 0. The predicted octanol–water partition coefficient (Wildman–Crippen LogP) is 13.9. The molecule has 2 atom stereocenters. The summed E-state index contributed by atoms with van der Waals surface area (Å²) in [6.07, 6.45) is 53.3. The summed E-state index contributed by atoms with van der Waals surface area (Å²) in [5.74, 6) is -0.529. The van der Waals surface area contributed by atoms with Crippen molar-refractivity contribution >= 4 is 19.7 Å². The Balaban J connectivity index is 3.57. The summed E-state index contributed by atoms with van der Waals surface area (Å²) < 4.78 is 26.9. The highest BCUT2D eigenvalue weighted by molar-refractivity contribution is 7.47. The normalized spacial score (nSPS) is 13.6. The molecule has 0 saturated carbocycles. The highest BCUT2D eigenvalue weighted by Gasteiger charge is 2.23. The summed E-state index contributed by atoms with van der Waals surface area (Å²) in [6, 6.07) is 0. The van der Waals surface area contributed by atoms with Crippen LogP contribution in [0.3, 0.4) is 0 Å². The van der Waals surface area contributed by atoms with Gasteiger partial charge in [0.25, 0.3) is 0 Å². The number of ether oxygens (including phenoxy) is 1. The molecule has 0 aromatic rings. The van der Waals surface area contributed by atoms with Crippen molar-refractivity contribution in [1.29, 1.82) is 0 Å². The average Bonchev–Trinajstić information content (AvgIpc) is 3.22. The minimum absolute atomic E-state index is 0.0736. The smallest absolute Gasteiger partial charge is 0.463 e. The number of hydrogen-bond acceptors (Lipinski definition) is 7. The fourth-order valence-electron chi connectivity index (χ4n) is 6.56. The summed E-state index contributed by atoms with van der Waals surface area (Å²) in [6.45, 7) is 3.50. The molecule has 10 heteroatoms. The molecule has 2 unspecified atom stereocenters. The maximum absolute atomic E-state index is 12.1. The highest BCUT2D eigenvalue weighted by atomic mass is 31.2. The van der Waals surface area contributed by atoms with Gasteiger partial charge < -0.3 is 20.1 Å². The lowest BCUT2D eigenvalue weighted by Gasteiger charge is -2.15. The molecule has 0 aliphatic carbocycles. The molecule has 0 rings (SSSR count). The molecule has 0 aromatic heterocycles. The van der Waals surface area contributed by atoms with Gasteiger partial charge in [-0.3, -0.25) is 18.6 Å². The van der Waals surface area contributed by atoms with Gasteiger partial charge in [-0.15, -0.1) is 0 Å². The van der Waals surface area contributed by atoms with Crippen LogP contribution in [0.5, 0.6) is 0 Å². The van der Waals surface area contributed by atoms with E-state index in [1.54, 1.807) is 0 Å². The van der Waals surface area contributed by atoms with Crippen LogP contribution in [-0.4, -0.2) is 54.3 Å². The van der Waals surface area contributed by atoms with Crippen LogP contribution in [0.4, 0.5) is 0 Å². The zero-order valence-electron chi connectivity index (χ0n) is 37.9. The van der Waals surface area contributed by atoms with Gasteiger partial charge in [-0.25, -0.2) is 4.57 Å². The van der Waals surface area contributed by atoms with Crippen molar-refractivity contribution in [3.05, 3.63) is 48.6 Å². The number of amides is 1. The third kappa shape index (κ3) is 46.9. The van der Waals surface area contributed by atoms with Crippen molar-refractivity contribution in [2.45, 2.75) is 225 Å². The lowest BCUT2D eigenvalue weighted by Crippen LogP contribution is -2.27. The predicted molar refractivity (Wildman–Crippen MR) is 247 cm³/mol. The Morgan fingerprint density at radius 3 is 1.36 bits per heavy atom. The van der Waals surface area contributed by atoms with E-state index in [-0.39, 0.29) is 32.1 Å². The second-order valence-corrected chi connectivity index (χ2v) is 17.5. The molecule has 0 fully saturated rings. The van der Waals surface area contributed by atoms with E-state index in [0.29, 0.717) is 6.42 Å². The lowest BCUT2D eigenvalue weighted by molar-refractivity contribution is -0.147. The van der Waals surface area contributed by atoms with Crippen molar-refractivity contribution in [1.82, 2.24) is 5.32 Å². The van der Waals surface area contributed by atoms with Gasteiger partial charge in [0.15, 0.2) is 0 Å². The number of aliphatic hydroxyl groups is 1. The zero-order chi connectivity index (χ0) is 43.2. The minimum Gasteiger partial charge on any atom is -0.463 e. The van der Waals surface area contributed by atoms with E-state index in [0.717, 1.165) is 70.6 Å². The van der Waals surface area contributed by atoms with Crippen molar-refractivity contribution < 1.29 is 37.9 Å². The molecule has 0 spiro atoms. The zero-order valence-corrected chi connectivity index (χ0v) is 38.8. The minimum atomic E-state index is -4.42. The highest BCUT2D eigenvalue weighted by Crippen LogP contribution is 2.42. The van der Waals surface area contributed by atoms with E-state index in [1.807, 2.05) is 0 Å². The number of carbonyl (C=O) groups is 2. The number of allylic oxidation sites excluding steroid dienone is 8. The average molecular weight is 852 g/mol. The number of unbranched alkanes of at least 4 members (excludes halogenated alkanes) is 24. The number of esters is 1. The van der Waals surface area contributed by atoms with Crippen molar-refractivity contribution in [3.8, 4) is 0 Å². The monoisotopic (exact) mass is 852 g/mol. The van der Waals surface area contributed by atoms with Gasteiger partial charge in [0.05, 0.1) is 13.2 Å². The van der Waals surface area contributed by atoms with Crippen LogP contribution in [0, 0.1) is 0 Å². The maximum atomic E-state index is 12.1. The number of nitrogens with one attached hydrogen (secondary N) is 1. The topological polar surface area (TPSA) is 131 Å². The third-order valence-corrected chi connectivity index (χ3v) is 11.2. The quantitative estimate of drug-likeness (QED) is 0.0239. The Hall–Kier alpha value is -2.03. The first-order valence-corrected chi connectivity index (χ1v) is 25.6. The van der Waals surface area contributed by atoms with Crippen molar-refractivity contribution in [2.75, 3.05) is 26.4 Å². The number of hydrogen-bond donors (Lipinski definition) is 3. The van der Waals surface area contributed by atoms with Crippen LogP contribution >= 0.6 is 7.82 Å². The summed E-state index contributed by atoms with van der Waals surface area (Å²) in [4.78, 5) is 34.0. The van der Waals surface area contributed by atoms with E-state index in [1.165, 1.54) is 122 Å². The molecule has 9 nitrogen and oxygen atoms in total. The molecule has 0 aliphatic rings. The molecule has 59 heavy (non-hydrogen) atoms. The lowest BCUT2D eigenvalue weighted by atomic mass is 10.0. The van der Waals surface area contributed by atoms with E-state index in [4.69, 9.17) is 13.8 Å².